The molecule has 0 radical (unpaired) electrons. The lowest BCUT2D eigenvalue weighted by Crippen LogP contribution is -2.53. The Balaban J connectivity index is 1.97. The average Bonchev–Trinajstić information content (AvgIpc) is 2.54. The minimum Gasteiger partial charge on any atom is -0.386 e. The number of nitrogens with zero attached hydrogens (tertiary/aromatic N) is 2. The molecule has 1 atom stereocenters. The smallest absolute Gasteiger partial charge is 0.0989 e. The van der Waals surface area contributed by atoms with Crippen molar-refractivity contribution in [2.45, 2.75) is 25.5 Å². The molecule has 0 aliphatic carbocycles. The van der Waals surface area contributed by atoms with Gasteiger partial charge in [-0.3, -0.25) is 9.88 Å². The Morgan fingerprint density at radius 2 is 1.90 bits per heavy atom. The molecule has 0 amide bonds. The summed E-state index contributed by atoms with van der Waals surface area (Å²) in [7, 11) is 0. The lowest BCUT2D eigenvalue weighted by Gasteiger charge is -2.44. The molecular weight excluding hydrogens is 264 g/mol. The highest BCUT2D eigenvalue weighted by atomic mass is 16.5. The van der Waals surface area contributed by atoms with Crippen LogP contribution in [0.1, 0.15) is 25.5 Å². The second kappa shape index (κ2) is 5.72. The maximum atomic E-state index is 11.0. The van der Waals surface area contributed by atoms with Gasteiger partial charge in [-0.25, -0.2) is 0 Å². The number of aliphatic hydroxyl groups excluding tert-OH is 1. The standard InChI is InChI=1S/C17H22N2O2/c1-17(2,19-9-11-21-12-10-19)16(20)14-7-3-5-13-6-4-8-18-15(13)14/h3-8,16,20H,9-12H2,1-2H3. The fraction of sp³-hybridized carbons (Fsp3) is 0.471. The van der Waals surface area contributed by atoms with E-state index in [-0.39, 0.29) is 5.54 Å². The lowest BCUT2D eigenvalue weighted by molar-refractivity contribution is -0.0626. The molecule has 0 bridgehead atoms. The fourth-order valence-corrected chi connectivity index (χ4v) is 3.04. The van der Waals surface area contributed by atoms with Crippen LogP contribution in [0, 0.1) is 0 Å². The van der Waals surface area contributed by atoms with Gasteiger partial charge in [0.15, 0.2) is 0 Å². The summed E-state index contributed by atoms with van der Waals surface area (Å²) in [6.45, 7) is 7.33. The summed E-state index contributed by atoms with van der Waals surface area (Å²) in [6.07, 6.45) is 1.19. The molecule has 21 heavy (non-hydrogen) atoms. The van der Waals surface area contributed by atoms with Crippen LogP contribution in [0.15, 0.2) is 36.5 Å². The molecule has 1 fully saturated rings. The van der Waals surface area contributed by atoms with Crippen LogP contribution in [0.5, 0.6) is 0 Å². The first-order chi connectivity index (χ1) is 10.1. The quantitative estimate of drug-likeness (QED) is 0.941. The molecule has 2 aromatic rings. The average molecular weight is 286 g/mol. The minimum atomic E-state index is -0.589. The van der Waals surface area contributed by atoms with Crippen LogP contribution in [0.2, 0.25) is 0 Å². The first kappa shape index (κ1) is 14.4. The van der Waals surface area contributed by atoms with Gasteiger partial charge >= 0.3 is 0 Å². The molecule has 1 aromatic heterocycles. The van der Waals surface area contributed by atoms with E-state index in [1.807, 2.05) is 30.3 Å². The fourth-order valence-electron chi connectivity index (χ4n) is 3.04. The van der Waals surface area contributed by atoms with Crippen molar-refractivity contribution in [3.05, 3.63) is 42.1 Å². The molecule has 0 spiro atoms. The highest BCUT2D eigenvalue weighted by molar-refractivity contribution is 5.82. The number of morpholine rings is 1. The zero-order valence-corrected chi connectivity index (χ0v) is 12.6. The highest BCUT2D eigenvalue weighted by Gasteiger charge is 2.36. The largest absolute Gasteiger partial charge is 0.386 e. The summed E-state index contributed by atoms with van der Waals surface area (Å²) in [6, 6.07) is 9.94. The number of aliphatic hydroxyl groups is 1. The van der Waals surface area contributed by atoms with E-state index in [9.17, 15) is 5.11 Å². The normalized spacial score (nSPS) is 18.8. The molecule has 4 nitrogen and oxygen atoms in total. The molecule has 1 aliphatic heterocycles. The predicted molar refractivity (Wildman–Crippen MR) is 83.2 cm³/mol. The summed E-state index contributed by atoms with van der Waals surface area (Å²) in [5.74, 6) is 0. The molecule has 1 unspecified atom stereocenters. The van der Waals surface area contributed by atoms with Crippen molar-refractivity contribution < 1.29 is 9.84 Å². The summed E-state index contributed by atoms with van der Waals surface area (Å²) in [5, 5.41) is 12.0. The Labute approximate surface area is 125 Å². The van der Waals surface area contributed by atoms with Crippen LogP contribution in [-0.2, 0) is 4.74 Å². The van der Waals surface area contributed by atoms with E-state index in [1.54, 1.807) is 6.20 Å². The van der Waals surface area contributed by atoms with E-state index in [2.05, 4.69) is 23.7 Å². The number of hydrogen-bond acceptors (Lipinski definition) is 4. The molecule has 1 aromatic carbocycles. The van der Waals surface area contributed by atoms with Crippen molar-refractivity contribution >= 4 is 10.9 Å². The monoisotopic (exact) mass is 286 g/mol. The van der Waals surface area contributed by atoms with Gasteiger partial charge in [0, 0.05) is 35.8 Å². The number of ether oxygens (including phenoxy) is 1. The van der Waals surface area contributed by atoms with Gasteiger partial charge in [-0.15, -0.1) is 0 Å². The minimum absolute atomic E-state index is 0.352. The van der Waals surface area contributed by atoms with Gasteiger partial charge in [-0.05, 0) is 19.9 Å². The number of rotatable bonds is 3. The molecule has 2 heterocycles. The molecule has 4 heteroatoms. The van der Waals surface area contributed by atoms with E-state index >= 15 is 0 Å². The number of para-hydroxylation sites is 1. The number of fused-ring (bicyclic) bond motifs is 1. The molecule has 3 rings (SSSR count). The third-order valence-electron chi connectivity index (χ3n) is 4.45. The van der Waals surface area contributed by atoms with Gasteiger partial charge in [0.05, 0.1) is 24.8 Å². The van der Waals surface area contributed by atoms with E-state index < -0.39 is 6.10 Å². The van der Waals surface area contributed by atoms with Gasteiger partial charge < -0.3 is 9.84 Å². The third kappa shape index (κ3) is 2.67. The Hall–Kier alpha value is -1.49. The number of pyridine rings is 1. The van der Waals surface area contributed by atoms with Gasteiger partial charge in [0.2, 0.25) is 0 Å². The number of benzene rings is 1. The second-order valence-electron chi connectivity index (χ2n) is 6.08. The maximum absolute atomic E-state index is 11.0. The lowest BCUT2D eigenvalue weighted by atomic mass is 9.88. The van der Waals surface area contributed by atoms with Gasteiger partial charge in [0.1, 0.15) is 0 Å². The summed E-state index contributed by atoms with van der Waals surface area (Å²) in [4.78, 5) is 6.75. The zero-order chi connectivity index (χ0) is 14.9. The SMILES string of the molecule is CC(C)(C(O)c1cccc2cccnc12)N1CCOCC1. The van der Waals surface area contributed by atoms with Crippen molar-refractivity contribution in [1.29, 1.82) is 0 Å². The maximum Gasteiger partial charge on any atom is 0.0989 e. The number of aromatic nitrogens is 1. The zero-order valence-electron chi connectivity index (χ0n) is 12.6. The van der Waals surface area contributed by atoms with Crippen LogP contribution >= 0.6 is 0 Å². The van der Waals surface area contributed by atoms with Crippen LogP contribution in [0.25, 0.3) is 10.9 Å². The van der Waals surface area contributed by atoms with Crippen LogP contribution in [0.3, 0.4) is 0 Å². The van der Waals surface area contributed by atoms with E-state index in [0.717, 1.165) is 42.8 Å². The van der Waals surface area contributed by atoms with Crippen molar-refractivity contribution in [2.75, 3.05) is 26.3 Å². The molecule has 1 aliphatic rings. The van der Waals surface area contributed by atoms with Gasteiger partial charge in [-0.1, -0.05) is 24.3 Å². The summed E-state index contributed by atoms with van der Waals surface area (Å²) < 4.78 is 5.41. The van der Waals surface area contributed by atoms with Gasteiger partial charge in [-0.2, -0.15) is 0 Å². The Kier molecular flexibility index (Phi) is 3.93. The molecular formula is C17H22N2O2. The first-order valence-electron chi connectivity index (χ1n) is 7.45. The van der Waals surface area contributed by atoms with Crippen LogP contribution < -0.4 is 0 Å². The highest BCUT2D eigenvalue weighted by Crippen LogP contribution is 2.34. The van der Waals surface area contributed by atoms with Crippen LogP contribution in [0.4, 0.5) is 0 Å². The molecule has 0 saturated carbocycles. The van der Waals surface area contributed by atoms with Gasteiger partial charge in [0.25, 0.3) is 0 Å². The van der Waals surface area contributed by atoms with E-state index in [4.69, 9.17) is 4.74 Å². The third-order valence-corrected chi connectivity index (χ3v) is 4.45. The molecule has 112 valence electrons. The first-order valence-corrected chi connectivity index (χ1v) is 7.45. The Morgan fingerprint density at radius 1 is 1.19 bits per heavy atom. The Morgan fingerprint density at radius 3 is 2.67 bits per heavy atom. The van der Waals surface area contributed by atoms with Crippen molar-refractivity contribution in [2.24, 2.45) is 0 Å². The van der Waals surface area contributed by atoms with E-state index in [1.165, 1.54) is 0 Å². The summed E-state index contributed by atoms with van der Waals surface area (Å²) >= 11 is 0. The topological polar surface area (TPSA) is 45.6 Å². The van der Waals surface area contributed by atoms with Crippen LogP contribution in [-0.4, -0.2) is 46.8 Å². The van der Waals surface area contributed by atoms with Crippen molar-refractivity contribution in [3.63, 3.8) is 0 Å². The molecule has 1 N–H and O–H groups in total. The van der Waals surface area contributed by atoms with Crippen molar-refractivity contribution in [1.82, 2.24) is 9.88 Å². The van der Waals surface area contributed by atoms with Crippen molar-refractivity contribution in [3.8, 4) is 0 Å². The Bertz CT molecular complexity index is 616. The second-order valence-corrected chi connectivity index (χ2v) is 6.08. The van der Waals surface area contributed by atoms with E-state index in [0.29, 0.717) is 0 Å². The summed E-state index contributed by atoms with van der Waals surface area (Å²) in [5.41, 5.74) is 1.42. The predicted octanol–water partition coefficient (Wildman–Crippen LogP) is 2.38. The number of hydrogen-bond donors (Lipinski definition) is 1. The molecule has 1 saturated heterocycles.